The van der Waals surface area contributed by atoms with Crippen LogP contribution in [0.25, 0.3) is 10.9 Å². The second-order valence-electron chi connectivity index (χ2n) is 7.31. The van der Waals surface area contributed by atoms with Crippen molar-refractivity contribution in [2.24, 2.45) is 7.05 Å². The number of aryl methyl sites for hydroxylation is 1. The van der Waals surface area contributed by atoms with Crippen molar-refractivity contribution < 1.29 is 19.1 Å². The number of esters is 2. The van der Waals surface area contributed by atoms with Gasteiger partial charge in [0, 0.05) is 37.6 Å². The minimum Gasteiger partial charge on any atom is -0.462 e. The highest BCUT2D eigenvalue weighted by molar-refractivity contribution is 9.10. The number of carbonyl (C=O) groups excluding carboxylic acids is 2. The van der Waals surface area contributed by atoms with Crippen molar-refractivity contribution in [2.45, 2.75) is 52.6 Å². The standard InChI is InChI=1S/C21H27BrN2O4/c1-5-27-21(26)20-15-10-19(28-14(3)25)16(22)11-17(15)23(4)18(20)12-24-9-7-6-8-13(24)2/h10-11,13H,5-9,12H2,1-4H3. The van der Waals surface area contributed by atoms with Crippen LogP contribution in [0.2, 0.25) is 0 Å². The van der Waals surface area contributed by atoms with Gasteiger partial charge in [0.05, 0.1) is 22.2 Å². The normalized spacial score (nSPS) is 17.7. The Morgan fingerprint density at radius 2 is 2.04 bits per heavy atom. The van der Waals surface area contributed by atoms with Crippen LogP contribution in [0.15, 0.2) is 16.6 Å². The Labute approximate surface area is 173 Å². The van der Waals surface area contributed by atoms with Crippen LogP contribution in [0.4, 0.5) is 0 Å². The Morgan fingerprint density at radius 1 is 1.29 bits per heavy atom. The van der Waals surface area contributed by atoms with Gasteiger partial charge in [-0.25, -0.2) is 4.79 Å². The molecule has 1 aromatic carbocycles. The number of rotatable bonds is 5. The molecule has 0 amide bonds. The molecular weight excluding hydrogens is 424 g/mol. The lowest BCUT2D eigenvalue weighted by atomic mass is 10.0. The Bertz CT molecular complexity index is 906. The first-order valence-electron chi connectivity index (χ1n) is 9.73. The molecule has 0 spiro atoms. The lowest BCUT2D eigenvalue weighted by molar-refractivity contribution is -0.131. The summed E-state index contributed by atoms with van der Waals surface area (Å²) < 4.78 is 13.4. The van der Waals surface area contributed by atoms with E-state index in [0.717, 1.165) is 23.1 Å². The van der Waals surface area contributed by atoms with Gasteiger partial charge in [-0.15, -0.1) is 0 Å². The van der Waals surface area contributed by atoms with Crippen LogP contribution in [0.3, 0.4) is 0 Å². The molecule has 1 aliphatic heterocycles. The van der Waals surface area contributed by atoms with Gasteiger partial charge in [-0.1, -0.05) is 6.42 Å². The number of aromatic nitrogens is 1. The van der Waals surface area contributed by atoms with E-state index in [-0.39, 0.29) is 5.97 Å². The fraction of sp³-hybridized carbons (Fsp3) is 0.524. The van der Waals surface area contributed by atoms with Crippen molar-refractivity contribution in [2.75, 3.05) is 13.2 Å². The summed E-state index contributed by atoms with van der Waals surface area (Å²) >= 11 is 3.47. The first kappa shape index (κ1) is 20.9. The zero-order valence-corrected chi connectivity index (χ0v) is 18.5. The average molecular weight is 451 g/mol. The summed E-state index contributed by atoms with van der Waals surface area (Å²) in [7, 11) is 1.97. The molecule has 7 heteroatoms. The van der Waals surface area contributed by atoms with E-state index in [1.165, 1.54) is 26.2 Å². The Morgan fingerprint density at radius 3 is 2.68 bits per heavy atom. The van der Waals surface area contributed by atoms with Crippen LogP contribution in [0.1, 0.15) is 56.1 Å². The van der Waals surface area contributed by atoms with Gasteiger partial charge in [-0.05, 0) is 61.3 Å². The molecule has 0 radical (unpaired) electrons. The molecule has 2 aromatic rings. The van der Waals surface area contributed by atoms with Crippen LogP contribution in [-0.2, 0) is 23.1 Å². The largest absolute Gasteiger partial charge is 0.462 e. The van der Waals surface area contributed by atoms with E-state index in [1.807, 2.05) is 17.7 Å². The van der Waals surface area contributed by atoms with Crippen LogP contribution >= 0.6 is 15.9 Å². The molecule has 1 fully saturated rings. The maximum Gasteiger partial charge on any atom is 0.340 e. The molecule has 152 valence electrons. The monoisotopic (exact) mass is 450 g/mol. The van der Waals surface area contributed by atoms with Gasteiger partial charge in [0.1, 0.15) is 5.75 Å². The van der Waals surface area contributed by atoms with E-state index in [2.05, 4.69) is 27.8 Å². The number of nitrogens with zero attached hydrogens (tertiary/aromatic N) is 2. The van der Waals surface area contributed by atoms with Crippen molar-refractivity contribution in [3.05, 3.63) is 27.9 Å². The fourth-order valence-corrected chi connectivity index (χ4v) is 4.34. The number of benzene rings is 1. The highest BCUT2D eigenvalue weighted by Gasteiger charge is 2.27. The van der Waals surface area contributed by atoms with E-state index in [1.54, 1.807) is 13.0 Å². The second-order valence-corrected chi connectivity index (χ2v) is 8.16. The van der Waals surface area contributed by atoms with Gasteiger partial charge in [-0.2, -0.15) is 0 Å². The zero-order chi connectivity index (χ0) is 20.4. The average Bonchev–Trinajstić information content (AvgIpc) is 2.89. The predicted molar refractivity (Wildman–Crippen MR) is 112 cm³/mol. The number of hydrogen-bond acceptors (Lipinski definition) is 5. The Hall–Kier alpha value is -1.86. The molecule has 2 heterocycles. The summed E-state index contributed by atoms with van der Waals surface area (Å²) in [5, 5.41) is 0.736. The van der Waals surface area contributed by atoms with E-state index in [4.69, 9.17) is 9.47 Å². The Balaban J connectivity index is 2.14. The van der Waals surface area contributed by atoms with E-state index in [9.17, 15) is 9.59 Å². The molecule has 0 bridgehead atoms. The first-order chi connectivity index (χ1) is 13.3. The molecule has 0 saturated carbocycles. The number of piperidine rings is 1. The predicted octanol–water partition coefficient (Wildman–Crippen LogP) is 4.42. The number of carbonyl (C=O) groups is 2. The molecule has 3 rings (SSSR count). The summed E-state index contributed by atoms with van der Waals surface area (Å²) in [6.45, 7) is 7.41. The zero-order valence-electron chi connectivity index (χ0n) is 16.9. The summed E-state index contributed by atoms with van der Waals surface area (Å²) in [5.74, 6) is -0.353. The number of likely N-dealkylation sites (tertiary alicyclic amines) is 1. The van der Waals surface area contributed by atoms with Gasteiger partial charge >= 0.3 is 11.9 Å². The highest BCUT2D eigenvalue weighted by Crippen LogP contribution is 2.36. The van der Waals surface area contributed by atoms with Crippen molar-refractivity contribution in [3.63, 3.8) is 0 Å². The molecule has 0 N–H and O–H groups in total. The molecule has 1 saturated heterocycles. The Kier molecular flexibility index (Phi) is 6.45. The molecule has 1 aliphatic rings. The molecule has 6 nitrogen and oxygen atoms in total. The van der Waals surface area contributed by atoms with E-state index in [0.29, 0.717) is 35.0 Å². The minimum absolute atomic E-state index is 0.308. The van der Waals surface area contributed by atoms with Crippen LogP contribution < -0.4 is 4.74 Å². The molecule has 1 aromatic heterocycles. The van der Waals surface area contributed by atoms with Gasteiger partial charge in [0.25, 0.3) is 0 Å². The number of fused-ring (bicyclic) bond motifs is 1. The van der Waals surface area contributed by atoms with Crippen LogP contribution in [0, 0.1) is 0 Å². The second kappa shape index (κ2) is 8.66. The number of hydrogen-bond donors (Lipinski definition) is 0. The summed E-state index contributed by atoms with van der Waals surface area (Å²) in [6, 6.07) is 4.11. The van der Waals surface area contributed by atoms with Crippen molar-refractivity contribution in [3.8, 4) is 5.75 Å². The smallest absolute Gasteiger partial charge is 0.340 e. The summed E-state index contributed by atoms with van der Waals surface area (Å²) in [5.41, 5.74) is 2.37. The lowest BCUT2D eigenvalue weighted by Crippen LogP contribution is -2.37. The van der Waals surface area contributed by atoms with Crippen molar-refractivity contribution >= 4 is 38.8 Å². The lowest BCUT2D eigenvalue weighted by Gasteiger charge is -2.33. The summed E-state index contributed by atoms with van der Waals surface area (Å²) in [6.07, 6.45) is 3.59. The molecule has 0 aliphatic carbocycles. The third kappa shape index (κ3) is 4.10. The molecular formula is C21H27BrN2O4. The van der Waals surface area contributed by atoms with Crippen LogP contribution in [-0.4, -0.2) is 40.6 Å². The van der Waals surface area contributed by atoms with Gasteiger partial charge in [0.2, 0.25) is 0 Å². The summed E-state index contributed by atoms with van der Waals surface area (Å²) in [4.78, 5) is 26.7. The fourth-order valence-electron chi connectivity index (χ4n) is 3.92. The molecule has 1 atom stereocenters. The topological polar surface area (TPSA) is 60.8 Å². The van der Waals surface area contributed by atoms with Gasteiger partial charge < -0.3 is 14.0 Å². The SMILES string of the molecule is CCOC(=O)c1c(CN2CCCCC2C)n(C)c2cc(Br)c(OC(C)=O)cc12. The maximum absolute atomic E-state index is 12.9. The van der Waals surface area contributed by atoms with Gasteiger partial charge in [0.15, 0.2) is 0 Å². The van der Waals surface area contributed by atoms with E-state index < -0.39 is 5.97 Å². The third-order valence-corrected chi connectivity index (χ3v) is 6.02. The van der Waals surface area contributed by atoms with Crippen molar-refractivity contribution in [1.82, 2.24) is 9.47 Å². The van der Waals surface area contributed by atoms with Gasteiger partial charge in [-0.3, -0.25) is 9.69 Å². The minimum atomic E-state index is -0.406. The third-order valence-electron chi connectivity index (χ3n) is 5.40. The number of halogens is 1. The van der Waals surface area contributed by atoms with Crippen LogP contribution in [0.5, 0.6) is 5.75 Å². The number of ether oxygens (including phenoxy) is 2. The highest BCUT2D eigenvalue weighted by atomic mass is 79.9. The maximum atomic E-state index is 12.9. The molecule has 1 unspecified atom stereocenters. The first-order valence-corrected chi connectivity index (χ1v) is 10.5. The van der Waals surface area contributed by atoms with E-state index >= 15 is 0 Å². The quantitative estimate of drug-likeness (QED) is 0.498. The molecule has 28 heavy (non-hydrogen) atoms. The van der Waals surface area contributed by atoms with Crippen molar-refractivity contribution in [1.29, 1.82) is 0 Å².